The molecule has 0 aliphatic rings. The second kappa shape index (κ2) is 6.29. The summed E-state index contributed by atoms with van der Waals surface area (Å²) in [4.78, 5) is 21.6. The van der Waals surface area contributed by atoms with Crippen molar-refractivity contribution in [2.24, 2.45) is 0 Å². The Morgan fingerprint density at radius 1 is 1.32 bits per heavy atom. The minimum atomic E-state index is -0.512. The second-order valence-electron chi connectivity index (χ2n) is 5.12. The molecule has 0 saturated carbocycles. The third kappa shape index (κ3) is 5.48. The highest BCUT2D eigenvalue weighted by Gasteiger charge is 2.11. The Bertz CT molecular complexity index is 449. The summed E-state index contributed by atoms with van der Waals surface area (Å²) in [5.41, 5.74) is 0.229. The first-order valence-corrected chi connectivity index (χ1v) is 5.96. The van der Waals surface area contributed by atoms with Crippen LogP contribution < -0.4 is 5.32 Å². The predicted molar refractivity (Wildman–Crippen MR) is 71.1 cm³/mol. The Kier molecular flexibility index (Phi) is 5.00. The highest BCUT2D eigenvalue weighted by molar-refractivity contribution is 5.89. The first-order valence-electron chi connectivity index (χ1n) is 5.96. The maximum absolute atomic E-state index is 11.6. The van der Waals surface area contributed by atoms with Crippen molar-refractivity contribution in [1.29, 1.82) is 0 Å². The molecule has 0 amide bonds. The van der Waals surface area contributed by atoms with Crippen LogP contribution in [0.2, 0.25) is 0 Å². The zero-order chi connectivity index (χ0) is 14.5. The molecule has 104 valence electrons. The van der Waals surface area contributed by atoms with Gasteiger partial charge in [0.1, 0.15) is 6.61 Å². The van der Waals surface area contributed by atoms with E-state index < -0.39 is 10.9 Å². The normalized spacial score (nSPS) is 11.1. The number of esters is 1. The van der Waals surface area contributed by atoms with Crippen molar-refractivity contribution < 1.29 is 14.5 Å². The quantitative estimate of drug-likeness (QED) is 0.382. The summed E-state index contributed by atoms with van der Waals surface area (Å²) in [6, 6.07) is 5.34. The van der Waals surface area contributed by atoms with Gasteiger partial charge in [0.2, 0.25) is 0 Å². The van der Waals surface area contributed by atoms with E-state index >= 15 is 0 Å². The summed E-state index contributed by atoms with van der Waals surface area (Å²) in [5, 5.41) is 13.7. The summed E-state index contributed by atoms with van der Waals surface area (Å²) in [6.07, 6.45) is 0. The minimum absolute atomic E-state index is 0.0280. The molecule has 1 rings (SSSR count). The SMILES string of the molecule is CC(C)(C)NCCOC(=O)c1ccc([N+](=O)[O-])cc1. The van der Waals surface area contributed by atoms with Gasteiger partial charge in [-0.15, -0.1) is 0 Å². The van der Waals surface area contributed by atoms with Crippen molar-refractivity contribution in [2.75, 3.05) is 13.2 Å². The summed E-state index contributed by atoms with van der Waals surface area (Å²) < 4.78 is 5.05. The van der Waals surface area contributed by atoms with Crippen LogP contribution in [-0.4, -0.2) is 29.6 Å². The summed E-state index contributed by atoms with van der Waals surface area (Å²) in [6.45, 7) is 6.87. The van der Waals surface area contributed by atoms with Crippen molar-refractivity contribution in [3.63, 3.8) is 0 Å². The van der Waals surface area contributed by atoms with Gasteiger partial charge in [-0.05, 0) is 32.9 Å². The zero-order valence-electron chi connectivity index (χ0n) is 11.3. The van der Waals surface area contributed by atoms with Gasteiger partial charge in [-0.1, -0.05) is 0 Å². The van der Waals surface area contributed by atoms with Crippen molar-refractivity contribution in [1.82, 2.24) is 5.32 Å². The Morgan fingerprint density at radius 2 is 1.89 bits per heavy atom. The standard InChI is InChI=1S/C13H18N2O4/c1-13(2,3)14-8-9-19-12(16)10-4-6-11(7-5-10)15(17)18/h4-7,14H,8-9H2,1-3H3. The molecule has 0 saturated heterocycles. The summed E-state index contributed by atoms with van der Waals surface area (Å²) in [5.74, 6) is -0.481. The Balaban J connectivity index is 2.43. The lowest BCUT2D eigenvalue weighted by Gasteiger charge is -2.20. The predicted octanol–water partition coefficient (Wildman–Crippen LogP) is 2.14. The van der Waals surface area contributed by atoms with Crippen LogP contribution in [-0.2, 0) is 4.74 Å². The fourth-order valence-electron chi connectivity index (χ4n) is 1.37. The van der Waals surface area contributed by atoms with Crippen molar-refractivity contribution in [3.05, 3.63) is 39.9 Å². The molecule has 0 aliphatic carbocycles. The van der Waals surface area contributed by atoms with E-state index in [0.29, 0.717) is 12.1 Å². The number of hydrogen-bond donors (Lipinski definition) is 1. The van der Waals surface area contributed by atoms with E-state index in [1.165, 1.54) is 24.3 Å². The van der Waals surface area contributed by atoms with Crippen LogP contribution in [0.5, 0.6) is 0 Å². The molecule has 1 aromatic rings. The van der Waals surface area contributed by atoms with Crippen LogP contribution in [0.3, 0.4) is 0 Å². The fraction of sp³-hybridized carbons (Fsp3) is 0.462. The molecule has 1 aromatic carbocycles. The first-order chi connectivity index (χ1) is 8.79. The van der Waals surface area contributed by atoms with Gasteiger partial charge >= 0.3 is 5.97 Å². The molecule has 19 heavy (non-hydrogen) atoms. The van der Waals surface area contributed by atoms with Crippen molar-refractivity contribution >= 4 is 11.7 Å². The molecule has 0 aliphatic heterocycles. The van der Waals surface area contributed by atoms with Crippen LogP contribution >= 0.6 is 0 Å². The van der Waals surface area contributed by atoms with E-state index in [0.717, 1.165) is 0 Å². The van der Waals surface area contributed by atoms with E-state index in [4.69, 9.17) is 4.74 Å². The van der Waals surface area contributed by atoms with Crippen molar-refractivity contribution in [3.8, 4) is 0 Å². The van der Waals surface area contributed by atoms with E-state index in [-0.39, 0.29) is 17.8 Å². The van der Waals surface area contributed by atoms with Gasteiger partial charge in [-0.25, -0.2) is 4.79 Å². The molecule has 0 atom stereocenters. The number of rotatable bonds is 5. The lowest BCUT2D eigenvalue weighted by Crippen LogP contribution is -2.38. The van der Waals surface area contributed by atoms with Gasteiger partial charge in [0.15, 0.2) is 0 Å². The number of hydrogen-bond acceptors (Lipinski definition) is 5. The average Bonchev–Trinajstić information content (AvgIpc) is 2.33. The van der Waals surface area contributed by atoms with E-state index in [9.17, 15) is 14.9 Å². The number of nitrogens with zero attached hydrogens (tertiary/aromatic N) is 1. The molecule has 6 nitrogen and oxygen atoms in total. The van der Waals surface area contributed by atoms with Gasteiger partial charge in [0.05, 0.1) is 10.5 Å². The lowest BCUT2D eigenvalue weighted by molar-refractivity contribution is -0.384. The summed E-state index contributed by atoms with van der Waals surface area (Å²) in [7, 11) is 0. The van der Waals surface area contributed by atoms with Gasteiger partial charge < -0.3 is 10.1 Å². The number of nitro groups is 1. The number of non-ortho nitro benzene ring substituents is 1. The molecule has 0 unspecified atom stereocenters. The maximum Gasteiger partial charge on any atom is 0.338 e. The van der Waals surface area contributed by atoms with E-state index in [2.05, 4.69) is 5.32 Å². The monoisotopic (exact) mass is 266 g/mol. The molecule has 6 heteroatoms. The van der Waals surface area contributed by atoms with Crippen molar-refractivity contribution in [2.45, 2.75) is 26.3 Å². The van der Waals surface area contributed by atoms with Gasteiger partial charge in [-0.2, -0.15) is 0 Å². The average molecular weight is 266 g/mol. The molecule has 0 radical (unpaired) electrons. The molecule has 0 spiro atoms. The van der Waals surface area contributed by atoms with Gasteiger partial charge in [0.25, 0.3) is 5.69 Å². The smallest absolute Gasteiger partial charge is 0.338 e. The number of nitro benzene ring substituents is 1. The molecule has 1 N–H and O–H groups in total. The number of nitrogens with one attached hydrogen (secondary N) is 1. The van der Waals surface area contributed by atoms with Crippen LogP contribution in [0.15, 0.2) is 24.3 Å². The van der Waals surface area contributed by atoms with E-state index in [1.54, 1.807) is 0 Å². The van der Waals surface area contributed by atoms with Gasteiger partial charge in [-0.3, -0.25) is 10.1 Å². The Morgan fingerprint density at radius 3 is 2.37 bits per heavy atom. The highest BCUT2D eigenvalue weighted by atomic mass is 16.6. The number of benzene rings is 1. The molecular weight excluding hydrogens is 248 g/mol. The number of carbonyl (C=O) groups is 1. The van der Waals surface area contributed by atoms with Crippen LogP contribution in [0, 0.1) is 10.1 Å². The molecule has 0 heterocycles. The lowest BCUT2D eigenvalue weighted by atomic mass is 10.1. The number of carbonyl (C=O) groups excluding carboxylic acids is 1. The van der Waals surface area contributed by atoms with Crippen LogP contribution in [0.25, 0.3) is 0 Å². The highest BCUT2D eigenvalue weighted by Crippen LogP contribution is 2.12. The topological polar surface area (TPSA) is 81.5 Å². The molecular formula is C13H18N2O4. The Hall–Kier alpha value is -1.95. The van der Waals surface area contributed by atoms with Crippen LogP contribution in [0.1, 0.15) is 31.1 Å². The van der Waals surface area contributed by atoms with E-state index in [1.807, 2.05) is 20.8 Å². The molecule has 0 aromatic heterocycles. The third-order valence-electron chi connectivity index (χ3n) is 2.30. The third-order valence-corrected chi connectivity index (χ3v) is 2.30. The molecule has 0 bridgehead atoms. The van der Waals surface area contributed by atoms with Crippen LogP contribution in [0.4, 0.5) is 5.69 Å². The minimum Gasteiger partial charge on any atom is -0.461 e. The number of ether oxygens (including phenoxy) is 1. The largest absolute Gasteiger partial charge is 0.461 e. The molecule has 0 fully saturated rings. The Labute approximate surface area is 111 Å². The van der Waals surface area contributed by atoms with Gasteiger partial charge in [0, 0.05) is 24.2 Å². The first kappa shape index (κ1) is 15.1. The zero-order valence-corrected chi connectivity index (χ0v) is 11.3. The second-order valence-corrected chi connectivity index (χ2v) is 5.12. The summed E-state index contributed by atoms with van der Waals surface area (Å²) >= 11 is 0. The fourth-order valence-corrected chi connectivity index (χ4v) is 1.37. The maximum atomic E-state index is 11.6.